The highest BCUT2D eigenvalue weighted by molar-refractivity contribution is 6.30. The number of benzene rings is 1. The molecular weight excluding hydrogens is 316 g/mol. The number of halogens is 2. The van der Waals surface area contributed by atoms with Gasteiger partial charge in [0, 0.05) is 23.0 Å². The van der Waals surface area contributed by atoms with E-state index in [9.17, 15) is 9.18 Å². The van der Waals surface area contributed by atoms with E-state index in [4.69, 9.17) is 16.3 Å². The maximum absolute atomic E-state index is 12.7. The first-order valence-corrected chi connectivity index (χ1v) is 8.63. The Labute approximate surface area is 141 Å². The lowest BCUT2D eigenvalue weighted by Crippen LogP contribution is -2.49. The number of ether oxygens (including phenoxy) is 1. The van der Waals surface area contributed by atoms with Gasteiger partial charge in [0.2, 0.25) is 0 Å². The highest BCUT2D eigenvalue weighted by atomic mass is 35.5. The summed E-state index contributed by atoms with van der Waals surface area (Å²) in [5, 5.41) is 0.690. The molecule has 1 aromatic rings. The number of alkyl halides is 1. The second-order valence-electron chi connectivity index (χ2n) is 6.79. The second kappa shape index (κ2) is 6.78. The number of carbonyl (C=O) groups is 1. The number of fused-ring (bicyclic) bond motifs is 2. The Bertz CT molecular complexity index is 565. The molecule has 23 heavy (non-hydrogen) atoms. The van der Waals surface area contributed by atoms with E-state index in [2.05, 4.69) is 11.9 Å². The molecular formula is C18H23ClFNO2. The molecule has 0 unspecified atom stereocenters. The molecule has 0 radical (unpaired) electrons. The van der Waals surface area contributed by atoms with Crippen LogP contribution in [0.25, 0.3) is 0 Å². The Hall–Kier alpha value is -1.13. The molecule has 0 N–H and O–H groups in total. The summed E-state index contributed by atoms with van der Waals surface area (Å²) in [4.78, 5) is 15.0. The molecule has 0 saturated carbocycles. The number of carbonyl (C=O) groups excluding carboxylic acids is 1. The minimum atomic E-state index is -0.683. The lowest BCUT2D eigenvalue weighted by atomic mass is 9.76. The highest BCUT2D eigenvalue weighted by Crippen LogP contribution is 2.46. The quantitative estimate of drug-likeness (QED) is 0.782. The first-order valence-electron chi connectivity index (χ1n) is 8.25. The van der Waals surface area contributed by atoms with Crippen LogP contribution < -0.4 is 0 Å². The molecule has 2 aliphatic rings. The van der Waals surface area contributed by atoms with Crippen LogP contribution in [0.15, 0.2) is 24.3 Å². The lowest BCUT2D eigenvalue weighted by Gasteiger charge is -2.42. The largest absolute Gasteiger partial charge is 0.460 e. The fourth-order valence-electron chi connectivity index (χ4n) is 4.15. The maximum atomic E-state index is 12.7. The summed E-state index contributed by atoms with van der Waals surface area (Å²) in [7, 11) is 2.08. The molecule has 0 spiro atoms. The van der Waals surface area contributed by atoms with Crippen molar-refractivity contribution in [1.29, 1.82) is 0 Å². The van der Waals surface area contributed by atoms with E-state index in [0.717, 1.165) is 24.8 Å². The molecule has 2 heterocycles. The van der Waals surface area contributed by atoms with Gasteiger partial charge in [0.05, 0.1) is 5.92 Å². The van der Waals surface area contributed by atoms with Crippen LogP contribution in [0.2, 0.25) is 5.02 Å². The normalized spacial score (nSPS) is 31.8. The molecule has 5 atom stereocenters. The van der Waals surface area contributed by atoms with Gasteiger partial charge in [-0.3, -0.25) is 9.69 Å². The predicted molar refractivity (Wildman–Crippen MR) is 88.4 cm³/mol. The van der Waals surface area contributed by atoms with Gasteiger partial charge < -0.3 is 4.74 Å². The van der Waals surface area contributed by atoms with Crippen molar-refractivity contribution in [2.75, 3.05) is 13.7 Å². The van der Waals surface area contributed by atoms with Gasteiger partial charge >= 0.3 is 5.97 Å². The molecule has 126 valence electrons. The Balaban J connectivity index is 1.89. The Morgan fingerprint density at radius 2 is 2.09 bits per heavy atom. The molecule has 2 bridgehead atoms. The van der Waals surface area contributed by atoms with Gasteiger partial charge in [-0.15, -0.1) is 0 Å². The van der Waals surface area contributed by atoms with E-state index < -0.39 is 12.8 Å². The minimum absolute atomic E-state index is 0.111. The second-order valence-corrected chi connectivity index (χ2v) is 7.22. The van der Waals surface area contributed by atoms with Gasteiger partial charge in [-0.05, 0) is 50.9 Å². The summed E-state index contributed by atoms with van der Waals surface area (Å²) in [6, 6.07) is 8.40. The van der Waals surface area contributed by atoms with Gasteiger partial charge in [0.25, 0.3) is 0 Å². The highest BCUT2D eigenvalue weighted by Gasteiger charge is 2.49. The summed E-state index contributed by atoms with van der Waals surface area (Å²) < 4.78 is 18.1. The van der Waals surface area contributed by atoms with Crippen molar-refractivity contribution >= 4 is 17.6 Å². The van der Waals surface area contributed by atoms with E-state index in [1.165, 1.54) is 0 Å². The molecule has 0 aromatic heterocycles. The van der Waals surface area contributed by atoms with Gasteiger partial charge in [0.15, 0.2) is 0 Å². The molecule has 3 nitrogen and oxygen atoms in total. The third kappa shape index (κ3) is 3.24. The Morgan fingerprint density at radius 1 is 1.39 bits per heavy atom. The van der Waals surface area contributed by atoms with Crippen LogP contribution >= 0.6 is 11.6 Å². The number of hydrogen-bond acceptors (Lipinski definition) is 3. The minimum Gasteiger partial charge on any atom is -0.460 e. The van der Waals surface area contributed by atoms with Crippen LogP contribution in [0.4, 0.5) is 4.39 Å². The molecule has 0 aliphatic carbocycles. The van der Waals surface area contributed by atoms with Crippen molar-refractivity contribution in [1.82, 2.24) is 4.90 Å². The van der Waals surface area contributed by atoms with Gasteiger partial charge in [-0.1, -0.05) is 23.7 Å². The average Bonchev–Trinajstić information content (AvgIpc) is 2.78. The van der Waals surface area contributed by atoms with Crippen molar-refractivity contribution in [3.05, 3.63) is 34.9 Å². The summed E-state index contributed by atoms with van der Waals surface area (Å²) >= 11 is 5.99. The van der Waals surface area contributed by atoms with Crippen molar-refractivity contribution in [3.8, 4) is 0 Å². The molecule has 2 saturated heterocycles. The smallest absolute Gasteiger partial charge is 0.311 e. The zero-order valence-electron chi connectivity index (χ0n) is 13.5. The fraction of sp³-hybridized carbons (Fsp3) is 0.611. The van der Waals surface area contributed by atoms with Crippen LogP contribution in [0, 0.1) is 5.92 Å². The van der Waals surface area contributed by atoms with Crippen LogP contribution in [0.1, 0.15) is 37.7 Å². The molecule has 0 amide bonds. The van der Waals surface area contributed by atoms with Crippen molar-refractivity contribution in [2.24, 2.45) is 5.92 Å². The standard InChI is InChI=1S/C18H23ClFNO2/c1-11(10-20)23-18(22)17-15(12-3-5-13(19)6-4-12)9-14-7-8-16(17)21(14)2/h3-6,11,14-17H,7-10H2,1-2H3/t11-,14+,15-,16-,17+/m1/s1/i20-1. The SMILES string of the molecule is C[C@H](C[18F])OC(=O)[C@H]1[C@@H](c2ccc(Cl)cc2)C[C@@H]2CC[C@H]1N2C. The van der Waals surface area contributed by atoms with Crippen LogP contribution in [0.3, 0.4) is 0 Å². The van der Waals surface area contributed by atoms with E-state index in [0.29, 0.717) is 11.1 Å². The Morgan fingerprint density at radius 3 is 2.74 bits per heavy atom. The zero-order chi connectivity index (χ0) is 16.6. The fourth-order valence-corrected chi connectivity index (χ4v) is 4.28. The third-order valence-corrected chi connectivity index (χ3v) is 5.63. The van der Waals surface area contributed by atoms with E-state index in [1.54, 1.807) is 6.92 Å². The van der Waals surface area contributed by atoms with Gasteiger partial charge in [-0.2, -0.15) is 0 Å². The summed E-state index contributed by atoms with van der Waals surface area (Å²) in [6.07, 6.45) is 2.35. The number of hydrogen-bond donors (Lipinski definition) is 0. The van der Waals surface area contributed by atoms with E-state index in [-0.39, 0.29) is 23.8 Å². The maximum Gasteiger partial charge on any atom is 0.311 e. The van der Waals surface area contributed by atoms with Crippen molar-refractivity contribution in [2.45, 2.75) is 50.3 Å². The lowest BCUT2D eigenvalue weighted by molar-refractivity contribution is -0.158. The van der Waals surface area contributed by atoms with E-state index >= 15 is 0 Å². The topological polar surface area (TPSA) is 29.5 Å². The number of nitrogens with zero attached hydrogens (tertiary/aromatic N) is 1. The first-order chi connectivity index (χ1) is 11.0. The first kappa shape index (κ1) is 16.7. The third-order valence-electron chi connectivity index (χ3n) is 5.37. The predicted octanol–water partition coefficient (Wildman–Crippen LogP) is 3.81. The van der Waals surface area contributed by atoms with Crippen LogP contribution in [0.5, 0.6) is 0 Å². The molecule has 2 aliphatic heterocycles. The number of esters is 1. The zero-order valence-corrected chi connectivity index (χ0v) is 14.3. The Kier molecular flexibility index (Phi) is 4.93. The monoisotopic (exact) mass is 338 g/mol. The number of rotatable bonds is 4. The number of piperidine rings is 1. The summed E-state index contributed by atoms with van der Waals surface area (Å²) in [6.45, 7) is 0.951. The molecule has 5 heteroatoms. The summed E-state index contributed by atoms with van der Waals surface area (Å²) in [5.41, 5.74) is 1.12. The van der Waals surface area contributed by atoms with Gasteiger partial charge in [-0.25, -0.2) is 4.39 Å². The van der Waals surface area contributed by atoms with Gasteiger partial charge in [0.1, 0.15) is 12.8 Å². The van der Waals surface area contributed by atoms with Crippen LogP contribution in [-0.2, 0) is 9.53 Å². The van der Waals surface area contributed by atoms with Crippen molar-refractivity contribution in [3.63, 3.8) is 0 Å². The van der Waals surface area contributed by atoms with Crippen molar-refractivity contribution < 1.29 is 13.9 Å². The molecule has 3 rings (SSSR count). The van der Waals surface area contributed by atoms with Crippen LogP contribution in [-0.4, -0.2) is 42.8 Å². The van der Waals surface area contributed by atoms with E-state index in [1.807, 2.05) is 24.3 Å². The molecule has 1 aromatic carbocycles. The summed E-state index contributed by atoms with van der Waals surface area (Å²) in [5.74, 6) is -0.401. The average molecular weight is 339 g/mol. The molecule has 2 fully saturated rings.